The highest BCUT2D eigenvalue weighted by molar-refractivity contribution is 6.30. The second kappa shape index (κ2) is 10.4. The Hall–Kier alpha value is -2.54. The Balaban J connectivity index is 2.08. The van der Waals surface area contributed by atoms with Crippen LogP contribution in [0.1, 0.15) is 60.6 Å². The van der Waals surface area contributed by atoms with Gasteiger partial charge in [-0.1, -0.05) is 39.3 Å². The van der Waals surface area contributed by atoms with Crippen LogP contribution in [-0.4, -0.2) is 46.2 Å². The predicted molar refractivity (Wildman–Crippen MR) is 128 cm³/mol. The van der Waals surface area contributed by atoms with Gasteiger partial charge < -0.3 is 15.0 Å². The standard InChI is InChI=1S/C24H35ClN4O3/c1-8-13-28(22(31)16-32-18-11-9-17(25)10-12-18)15-21(30)26-20-14-19(23(2,3)4)27-29(20)24(5,6)7/h9-12,14H,8,13,15-16H2,1-7H3,(H,26,30). The zero-order chi connectivity index (χ0) is 24.1. The third-order valence-corrected chi connectivity index (χ3v) is 4.99. The minimum atomic E-state index is -0.308. The number of aromatic nitrogens is 2. The highest BCUT2D eigenvalue weighted by Crippen LogP contribution is 2.28. The normalized spacial score (nSPS) is 11.9. The topological polar surface area (TPSA) is 76.5 Å². The highest BCUT2D eigenvalue weighted by atomic mass is 35.5. The van der Waals surface area contributed by atoms with Crippen molar-refractivity contribution in [2.45, 2.75) is 65.8 Å². The molecule has 0 aliphatic heterocycles. The third-order valence-electron chi connectivity index (χ3n) is 4.74. The number of rotatable bonds is 8. The summed E-state index contributed by atoms with van der Waals surface area (Å²) in [6, 6.07) is 8.70. The summed E-state index contributed by atoms with van der Waals surface area (Å²) < 4.78 is 7.38. The molecule has 32 heavy (non-hydrogen) atoms. The number of carbonyl (C=O) groups is 2. The zero-order valence-electron chi connectivity index (χ0n) is 20.2. The molecule has 1 aromatic heterocycles. The number of nitrogens with one attached hydrogen (secondary N) is 1. The van der Waals surface area contributed by atoms with Gasteiger partial charge in [-0.25, -0.2) is 4.68 Å². The monoisotopic (exact) mass is 462 g/mol. The lowest BCUT2D eigenvalue weighted by atomic mass is 9.92. The molecule has 2 amide bonds. The van der Waals surface area contributed by atoms with E-state index in [9.17, 15) is 9.59 Å². The van der Waals surface area contributed by atoms with Crippen LogP contribution in [0, 0.1) is 0 Å². The van der Waals surface area contributed by atoms with Crippen molar-refractivity contribution in [1.82, 2.24) is 14.7 Å². The Kier molecular flexibility index (Phi) is 8.35. The summed E-state index contributed by atoms with van der Waals surface area (Å²) >= 11 is 5.87. The minimum Gasteiger partial charge on any atom is -0.484 e. The molecule has 1 aromatic carbocycles. The van der Waals surface area contributed by atoms with E-state index in [1.165, 1.54) is 4.90 Å². The molecule has 0 saturated carbocycles. The van der Waals surface area contributed by atoms with Gasteiger partial charge in [0.25, 0.3) is 5.91 Å². The van der Waals surface area contributed by atoms with Gasteiger partial charge >= 0.3 is 0 Å². The summed E-state index contributed by atoms with van der Waals surface area (Å²) in [5.74, 6) is 0.641. The molecule has 0 aliphatic carbocycles. The van der Waals surface area contributed by atoms with Gasteiger partial charge in [-0.3, -0.25) is 9.59 Å². The highest BCUT2D eigenvalue weighted by Gasteiger charge is 2.26. The van der Waals surface area contributed by atoms with Gasteiger partial charge in [0.2, 0.25) is 5.91 Å². The van der Waals surface area contributed by atoms with Crippen molar-refractivity contribution < 1.29 is 14.3 Å². The first-order valence-electron chi connectivity index (χ1n) is 10.9. The molecule has 176 valence electrons. The van der Waals surface area contributed by atoms with Crippen LogP contribution in [-0.2, 0) is 20.5 Å². The van der Waals surface area contributed by atoms with Crippen LogP contribution < -0.4 is 10.1 Å². The van der Waals surface area contributed by atoms with Crippen LogP contribution in [0.4, 0.5) is 5.82 Å². The van der Waals surface area contributed by atoms with E-state index in [1.807, 2.05) is 38.4 Å². The largest absolute Gasteiger partial charge is 0.484 e. The van der Waals surface area contributed by atoms with Crippen LogP contribution in [0.2, 0.25) is 5.02 Å². The average molecular weight is 463 g/mol. The van der Waals surface area contributed by atoms with Crippen LogP contribution in [0.15, 0.2) is 30.3 Å². The smallest absolute Gasteiger partial charge is 0.260 e. The first-order chi connectivity index (χ1) is 14.8. The fraction of sp³-hybridized carbons (Fsp3) is 0.542. The summed E-state index contributed by atoms with van der Waals surface area (Å²) in [7, 11) is 0. The molecule has 0 unspecified atom stereocenters. The third kappa shape index (κ3) is 7.26. The quantitative estimate of drug-likeness (QED) is 0.608. The van der Waals surface area contributed by atoms with Gasteiger partial charge in [0.05, 0.1) is 11.2 Å². The average Bonchev–Trinajstić information content (AvgIpc) is 3.11. The van der Waals surface area contributed by atoms with E-state index in [-0.39, 0.29) is 35.9 Å². The molecule has 2 aromatic rings. The fourth-order valence-electron chi connectivity index (χ4n) is 3.03. The molecule has 0 saturated heterocycles. The van der Waals surface area contributed by atoms with Crippen molar-refractivity contribution in [3.8, 4) is 5.75 Å². The second-order valence-electron chi connectivity index (χ2n) is 9.85. The lowest BCUT2D eigenvalue weighted by molar-refractivity contribution is -0.136. The van der Waals surface area contributed by atoms with Gasteiger partial charge in [-0.05, 0) is 51.5 Å². The lowest BCUT2D eigenvalue weighted by Crippen LogP contribution is -2.41. The minimum absolute atomic E-state index is 0.0587. The molecule has 0 atom stereocenters. The number of ether oxygens (including phenoxy) is 1. The number of benzene rings is 1. The van der Waals surface area contributed by atoms with E-state index < -0.39 is 0 Å². The van der Waals surface area contributed by atoms with Crippen molar-refractivity contribution in [2.24, 2.45) is 0 Å². The summed E-state index contributed by atoms with van der Waals surface area (Å²) in [6.45, 7) is 14.5. The lowest BCUT2D eigenvalue weighted by Gasteiger charge is -2.24. The number of hydrogen-bond donors (Lipinski definition) is 1. The number of anilines is 1. The van der Waals surface area contributed by atoms with Gasteiger partial charge in [-0.2, -0.15) is 5.10 Å². The van der Waals surface area contributed by atoms with Gasteiger partial charge in [-0.15, -0.1) is 0 Å². The molecule has 8 heteroatoms. The number of nitrogens with zero attached hydrogens (tertiary/aromatic N) is 3. The molecular formula is C24H35ClN4O3. The van der Waals surface area contributed by atoms with E-state index in [4.69, 9.17) is 21.4 Å². The summed E-state index contributed by atoms with van der Waals surface area (Å²) in [5.41, 5.74) is 0.428. The van der Waals surface area contributed by atoms with Crippen LogP contribution in [0.25, 0.3) is 0 Å². The molecule has 0 aliphatic rings. The maximum absolute atomic E-state index is 12.9. The summed E-state index contributed by atoms with van der Waals surface area (Å²) in [4.78, 5) is 27.1. The number of hydrogen-bond acceptors (Lipinski definition) is 4. The van der Waals surface area contributed by atoms with Crippen LogP contribution >= 0.6 is 11.6 Å². The van der Waals surface area contributed by atoms with E-state index in [0.29, 0.717) is 23.1 Å². The first-order valence-corrected chi connectivity index (χ1v) is 11.3. The van der Waals surface area contributed by atoms with Crippen LogP contribution in [0.3, 0.4) is 0 Å². The Morgan fingerprint density at radius 1 is 1.12 bits per heavy atom. The first kappa shape index (κ1) is 25.7. The molecule has 2 rings (SSSR count). The SMILES string of the molecule is CCCN(CC(=O)Nc1cc(C(C)(C)C)nn1C(C)(C)C)C(=O)COc1ccc(Cl)cc1. The summed E-state index contributed by atoms with van der Waals surface area (Å²) in [5, 5.41) is 8.26. The molecule has 0 bridgehead atoms. The Morgan fingerprint density at radius 2 is 1.75 bits per heavy atom. The Labute approximate surface area is 196 Å². The van der Waals surface area contributed by atoms with Crippen molar-refractivity contribution >= 4 is 29.2 Å². The molecule has 1 heterocycles. The number of amides is 2. The molecule has 7 nitrogen and oxygen atoms in total. The van der Waals surface area contributed by atoms with Gasteiger partial charge in [0.1, 0.15) is 18.1 Å². The molecule has 1 N–H and O–H groups in total. The Bertz CT molecular complexity index is 924. The summed E-state index contributed by atoms with van der Waals surface area (Å²) in [6.07, 6.45) is 0.730. The molecule has 0 spiro atoms. The maximum Gasteiger partial charge on any atom is 0.260 e. The number of carbonyl (C=O) groups excluding carboxylic acids is 2. The van der Waals surface area contributed by atoms with Crippen molar-refractivity contribution in [3.05, 3.63) is 41.0 Å². The van der Waals surface area contributed by atoms with E-state index in [0.717, 1.165) is 12.1 Å². The maximum atomic E-state index is 12.9. The fourth-order valence-corrected chi connectivity index (χ4v) is 3.16. The van der Waals surface area contributed by atoms with Crippen molar-refractivity contribution in [3.63, 3.8) is 0 Å². The molecule has 0 radical (unpaired) electrons. The predicted octanol–water partition coefficient (Wildman–Crippen LogP) is 4.85. The zero-order valence-corrected chi connectivity index (χ0v) is 20.9. The Morgan fingerprint density at radius 3 is 2.28 bits per heavy atom. The van der Waals surface area contributed by atoms with Crippen molar-refractivity contribution in [1.29, 1.82) is 0 Å². The van der Waals surface area contributed by atoms with E-state index in [1.54, 1.807) is 24.3 Å². The molecular weight excluding hydrogens is 428 g/mol. The van der Waals surface area contributed by atoms with E-state index in [2.05, 4.69) is 26.1 Å². The van der Waals surface area contributed by atoms with Gasteiger partial charge in [0, 0.05) is 23.0 Å². The van der Waals surface area contributed by atoms with Gasteiger partial charge in [0.15, 0.2) is 6.61 Å². The number of halogens is 1. The van der Waals surface area contributed by atoms with Crippen molar-refractivity contribution in [2.75, 3.05) is 25.0 Å². The second-order valence-corrected chi connectivity index (χ2v) is 10.3. The molecule has 0 fully saturated rings. The van der Waals surface area contributed by atoms with E-state index >= 15 is 0 Å². The van der Waals surface area contributed by atoms with Crippen LogP contribution in [0.5, 0.6) is 5.75 Å².